The first-order valence-electron chi connectivity index (χ1n) is 4.93. The molecule has 1 aromatic rings. The van der Waals surface area contributed by atoms with Gasteiger partial charge in [0.1, 0.15) is 0 Å². The van der Waals surface area contributed by atoms with Crippen LogP contribution in [0.3, 0.4) is 0 Å². The molecule has 0 aromatic heterocycles. The minimum Gasteiger partial charge on any atom is -0.311 e. The second-order valence-electron chi connectivity index (χ2n) is 3.82. The number of nitrogens with zero attached hydrogens (tertiary/aromatic N) is 1. The van der Waals surface area contributed by atoms with Crippen LogP contribution in [0.4, 0.5) is 5.69 Å². The Hall–Kier alpha value is -0.0600. The first-order chi connectivity index (χ1) is 7.61. The fourth-order valence-corrected chi connectivity index (χ4v) is 3.03. The maximum atomic E-state index is 11.8. The Morgan fingerprint density at radius 1 is 1.50 bits per heavy atom. The molecular weight excluding hydrogens is 357 g/mol. The van der Waals surface area contributed by atoms with E-state index < -0.39 is 0 Å². The predicted octanol–water partition coefficient (Wildman–Crippen LogP) is 3.85. The maximum absolute atomic E-state index is 11.8. The van der Waals surface area contributed by atoms with Gasteiger partial charge in [-0.25, -0.2) is 0 Å². The molecular formula is C11H10Br2ClNO. The number of carbonyl (C=O) groups is 1. The highest BCUT2D eigenvalue weighted by molar-refractivity contribution is 9.10. The van der Waals surface area contributed by atoms with Crippen molar-refractivity contribution in [2.45, 2.75) is 6.42 Å². The Morgan fingerprint density at radius 2 is 2.25 bits per heavy atom. The highest BCUT2D eigenvalue weighted by Crippen LogP contribution is 2.33. The summed E-state index contributed by atoms with van der Waals surface area (Å²) in [5.41, 5.74) is 0.804. The summed E-state index contributed by atoms with van der Waals surface area (Å²) in [5.74, 6) is 0.529. The summed E-state index contributed by atoms with van der Waals surface area (Å²) in [4.78, 5) is 13.6. The van der Waals surface area contributed by atoms with Crippen LogP contribution < -0.4 is 4.90 Å². The molecule has 0 radical (unpaired) electrons. The molecule has 0 saturated carbocycles. The quantitative estimate of drug-likeness (QED) is 0.727. The molecule has 1 atom stereocenters. The molecule has 1 aromatic carbocycles. The molecule has 1 heterocycles. The van der Waals surface area contributed by atoms with Gasteiger partial charge in [-0.15, -0.1) is 0 Å². The molecule has 0 aliphatic carbocycles. The van der Waals surface area contributed by atoms with Crippen LogP contribution in [0.25, 0.3) is 0 Å². The molecule has 1 unspecified atom stereocenters. The van der Waals surface area contributed by atoms with Crippen LogP contribution >= 0.6 is 43.5 Å². The first-order valence-corrected chi connectivity index (χ1v) is 7.22. The second-order valence-corrected chi connectivity index (χ2v) is 5.79. The van der Waals surface area contributed by atoms with Gasteiger partial charge in [-0.2, -0.15) is 0 Å². The number of hydrogen-bond donors (Lipinski definition) is 0. The van der Waals surface area contributed by atoms with Gasteiger partial charge in [-0.1, -0.05) is 43.5 Å². The molecule has 86 valence electrons. The van der Waals surface area contributed by atoms with E-state index in [0.717, 1.165) is 22.0 Å². The SMILES string of the molecule is O=C1CC(CBr)CN1c1ccc(Br)cc1Cl. The topological polar surface area (TPSA) is 20.3 Å². The lowest BCUT2D eigenvalue weighted by Crippen LogP contribution is -2.24. The van der Waals surface area contributed by atoms with Crippen molar-refractivity contribution in [3.05, 3.63) is 27.7 Å². The number of carbonyl (C=O) groups excluding carboxylic acids is 1. The van der Waals surface area contributed by atoms with Gasteiger partial charge >= 0.3 is 0 Å². The highest BCUT2D eigenvalue weighted by atomic mass is 79.9. The van der Waals surface area contributed by atoms with E-state index in [1.165, 1.54) is 0 Å². The van der Waals surface area contributed by atoms with Crippen molar-refractivity contribution < 1.29 is 4.79 Å². The lowest BCUT2D eigenvalue weighted by Gasteiger charge is -2.18. The molecule has 16 heavy (non-hydrogen) atoms. The summed E-state index contributed by atoms with van der Waals surface area (Å²) < 4.78 is 0.921. The zero-order valence-corrected chi connectivity index (χ0v) is 12.3. The third kappa shape index (κ3) is 2.44. The molecule has 0 spiro atoms. The fourth-order valence-electron chi connectivity index (χ4n) is 1.82. The van der Waals surface area contributed by atoms with Gasteiger partial charge in [0.25, 0.3) is 0 Å². The number of rotatable bonds is 2. The van der Waals surface area contributed by atoms with Crippen molar-refractivity contribution >= 4 is 55.1 Å². The standard InChI is InChI=1S/C11H10Br2ClNO/c12-5-7-3-11(16)15(6-7)10-2-1-8(13)4-9(10)14/h1-2,4,7H,3,5-6H2. The van der Waals surface area contributed by atoms with E-state index in [9.17, 15) is 4.79 Å². The van der Waals surface area contributed by atoms with Gasteiger partial charge in [0.05, 0.1) is 10.7 Å². The molecule has 1 fully saturated rings. The molecule has 1 aliphatic rings. The summed E-state index contributed by atoms with van der Waals surface area (Å²) in [6.07, 6.45) is 0.595. The molecule has 1 saturated heterocycles. The smallest absolute Gasteiger partial charge is 0.227 e. The van der Waals surface area contributed by atoms with Crippen LogP contribution in [0, 0.1) is 5.92 Å². The lowest BCUT2D eigenvalue weighted by molar-refractivity contribution is -0.117. The van der Waals surface area contributed by atoms with Crippen LogP contribution in [0.1, 0.15) is 6.42 Å². The van der Waals surface area contributed by atoms with Crippen molar-refractivity contribution in [3.8, 4) is 0 Å². The highest BCUT2D eigenvalue weighted by Gasteiger charge is 2.30. The Bertz CT molecular complexity index is 424. The van der Waals surface area contributed by atoms with Crippen LogP contribution in [0.2, 0.25) is 5.02 Å². The van der Waals surface area contributed by atoms with Gasteiger partial charge in [0.2, 0.25) is 5.91 Å². The van der Waals surface area contributed by atoms with Gasteiger partial charge in [-0.3, -0.25) is 4.79 Å². The Morgan fingerprint density at radius 3 is 2.81 bits per heavy atom. The summed E-state index contributed by atoms with van der Waals surface area (Å²) in [6.45, 7) is 0.742. The minimum atomic E-state index is 0.147. The van der Waals surface area contributed by atoms with Gasteiger partial charge in [-0.05, 0) is 24.1 Å². The van der Waals surface area contributed by atoms with E-state index in [4.69, 9.17) is 11.6 Å². The largest absolute Gasteiger partial charge is 0.311 e. The van der Waals surface area contributed by atoms with Crippen molar-refractivity contribution in [2.24, 2.45) is 5.92 Å². The van der Waals surface area contributed by atoms with E-state index >= 15 is 0 Å². The normalized spacial score (nSPS) is 20.6. The number of amides is 1. The summed E-state index contributed by atoms with van der Waals surface area (Å²) >= 11 is 12.9. The average molecular weight is 367 g/mol. The van der Waals surface area contributed by atoms with E-state index in [1.807, 2.05) is 18.2 Å². The monoisotopic (exact) mass is 365 g/mol. The van der Waals surface area contributed by atoms with Crippen molar-refractivity contribution in [3.63, 3.8) is 0 Å². The number of halogens is 3. The van der Waals surface area contributed by atoms with E-state index in [0.29, 0.717) is 17.4 Å². The van der Waals surface area contributed by atoms with Gasteiger partial charge in [0.15, 0.2) is 0 Å². The molecule has 0 bridgehead atoms. The second kappa shape index (κ2) is 5.07. The maximum Gasteiger partial charge on any atom is 0.227 e. The molecule has 0 N–H and O–H groups in total. The Balaban J connectivity index is 2.28. The zero-order chi connectivity index (χ0) is 11.7. The number of anilines is 1. The lowest BCUT2D eigenvalue weighted by atomic mass is 10.2. The third-order valence-corrected chi connectivity index (χ3v) is 4.34. The van der Waals surface area contributed by atoms with E-state index in [2.05, 4.69) is 31.9 Å². The third-order valence-electron chi connectivity index (χ3n) is 2.62. The number of benzene rings is 1. The van der Waals surface area contributed by atoms with E-state index in [1.54, 1.807) is 4.90 Å². The Kier molecular flexibility index (Phi) is 3.93. The van der Waals surface area contributed by atoms with Gasteiger partial charge < -0.3 is 4.90 Å². The summed E-state index contributed by atoms with van der Waals surface area (Å²) in [7, 11) is 0. The number of alkyl halides is 1. The molecule has 2 rings (SSSR count). The molecule has 1 aliphatic heterocycles. The first kappa shape index (κ1) is 12.4. The average Bonchev–Trinajstić information content (AvgIpc) is 2.60. The zero-order valence-electron chi connectivity index (χ0n) is 8.42. The number of hydrogen-bond acceptors (Lipinski definition) is 1. The predicted molar refractivity (Wildman–Crippen MR) is 73.4 cm³/mol. The van der Waals surface area contributed by atoms with Crippen molar-refractivity contribution in [1.29, 1.82) is 0 Å². The summed E-state index contributed by atoms with van der Waals surface area (Å²) in [6, 6.07) is 5.59. The summed E-state index contributed by atoms with van der Waals surface area (Å²) in [5, 5.41) is 1.46. The van der Waals surface area contributed by atoms with Crippen LogP contribution in [-0.2, 0) is 4.79 Å². The van der Waals surface area contributed by atoms with Crippen LogP contribution in [0.5, 0.6) is 0 Å². The van der Waals surface area contributed by atoms with Crippen molar-refractivity contribution in [1.82, 2.24) is 0 Å². The van der Waals surface area contributed by atoms with Crippen LogP contribution in [0.15, 0.2) is 22.7 Å². The van der Waals surface area contributed by atoms with Crippen molar-refractivity contribution in [2.75, 3.05) is 16.8 Å². The molecule has 5 heteroatoms. The Labute approximate surface area is 116 Å². The molecule has 1 amide bonds. The van der Waals surface area contributed by atoms with Crippen LogP contribution in [-0.4, -0.2) is 17.8 Å². The fraction of sp³-hybridized carbons (Fsp3) is 0.364. The minimum absolute atomic E-state index is 0.147. The molecule has 2 nitrogen and oxygen atoms in total. The van der Waals surface area contributed by atoms with E-state index in [-0.39, 0.29) is 5.91 Å². The van der Waals surface area contributed by atoms with Gasteiger partial charge in [0, 0.05) is 22.8 Å².